The fourth-order valence-corrected chi connectivity index (χ4v) is 0.532. The second kappa shape index (κ2) is 2.47. The Hall–Kier alpha value is -0.830. The summed E-state index contributed by atoms with van der Waals surface area (Å²) in [5, 5.41) is 16.3. The van der Waals surface area contributed by atoms with E-state index in [9.17, 15) is 5.11 Å². The van der Waals surface area contributed by atoms with E-state index in [0.29, 0.717) is 6.42 Å². The van der Waals surface area contributed by atoms with E-state index in [2.05, 4.69) is 10.2 Å². The lowest BCUT2D eigenvalue weighted by Gasteiger charge is -1.82. The summed E-state index contributed by atoms with van der Waals surface area (Å²) in [4.78, 5) is 0. The van der Waals surface area contributed by atoms with Gasteiger partial charge in [-0.05, 0) is 5.56 Å². The highest BCUT2D eigenvalue weighted by atomic mass is 16.2. The van der Waals surface area contributed by atoms with Crippen LogP contribution in [0, 0.1) is 0 Å². The molecule has 1 radical (unpaired) electrons. The van der Waals surface area contributed by atoms with Crippen LogP contribution in [0.25, 0.3) is 0 Å². The predicted molar refractivity (Wildman–Crippen MR) is 27.8 cm³/mol. The van der Waals surface area contributed by atoms with Crippen LogP contribution < -0.4 is 0 Å². The molecule has 1 rings (SSSR count). The fraction of sp³-hybridized carbons (Fsp3) is 0.400. The summed E-state index contributed by atoms with van der Waals surface area (Å²) in [5.74, 6) is 0. The molecule has 0 atom stereocenters. The summed E-state index contributed by atoms with van der Waals surface area (Å²) in [5.41, 5.74) is 0.986. The first-order valence-electron chi connectivity index (χ1n) is 2.49. The lowest BCUT2D eigenvalue weighted by atomic mass is 10.3. The van der Waals surface area contributed by atoms with Gasteiger partial charge in [0.2, 0.25) is 0 Å². The van der Waals surface area contributed by atoms with Gasteiger partial charge in [0.15, 0.2) is 0 Å². The zero-order chi connectivity index (χ0) is 5.82. The second-order valence-corrected chi connectivity index (χ2v) is 1.56. The quantitative estimate of drug-likeness (QED) is 0.589. The molecule has 0 aliphatic rings. The van der Waals surface area contributed by atoms with Crippen molar-refractivity contribution in [3.8, 4) is 0 Å². The minimum atomic E-state index is -0.0560. The van der Waals surface area contributed by atoms with Gasteiger partial charge in [0.05, 0.1) is 12.8 Å². The molecule has 0 spiro atoms. The van der Waals surface area contributed by atoms with Crippen LogP contribution >= 0.6 is 0 Å². The molecule has 3 nitrogen and oxygen atoms in total. The summed E-state index contributed by atoms with van der Waals surface area (Å²) < 4.78 is 0. The molecule has 1 N–H and O–H groups in total. The monoisotopic (exact) mass is 111 g/mol. The van der Waals surface area contributed by atoms with Crippen molar-refractivity contribution in [1.82, 2.24) is 10.2 Å². The first-order valence-corrected chi connectivity index (χ1v) is 2.49. The van der Waals surface area contributed by atoms with Crippen molar-refractivity contribution < 1.29 is 5.11 Å². The number of rotatable bonds is 2. The van der Waals surface area contributed by atoms with Gasteiger partial charge in [0.25, 0.3) is 0 Å². The molecule has 0 unspecified atom stereocenters. The predicted octanol–water partition coefficient (Wildman–Crippen LogP) is 0.383. The lowest BCUT2D eigenvalue weighted by molar-refractivity contribution is 0.197. The third kappa shape index (κ3) is 1.07. The highest BCUT2D eigenvalue weighted by Gasteiger charge is 1.89. The molecule has 0 saturated heterocycles. The Morgan fingerprint density at radius 2 is 2.62 bits per heavy atom. The first kappa shape index (κ1) is 5.31. The Bertz CT molecular complexity index is 136. The number of H-pyrrole nitrogens is 1. The zero-order valence-corrected chi connectivity index (χ0v) is 4.42. The maximum Gasteiger partial charge on any atom is 0.0863 e. The smallest absolute Gasteiger partial charge is 0.0863 e. The minimum Gasteiger partial charge on any atom is -0.285 e. The number of hydrogen-bond acceptors (Lipinski definition) is 1. The molecule has 0 saturated carbocycles. The molecule has 1 aromatic heterocycles. The van der Waals surface area contributed by atoms with E-state index < -0.39 is 0 Å². The van der Waals surface area contributed by atoms with Gasteiger partial charge in [-0.1, -0.05) is 0 Å². The molecule has 0 amide bonds. The van der Waals surface area contributed by atoms with E-state index in [1.807, 2.05) is 0 Å². The zero-order valence-electron chi connectivity index (χ0n) is 4.42. The molecular weight excluding hydrogens is 104 g/mol. The van der Waals surface area contributed by atoms with E-state index in [1.54, 1.807) is 12.4 Å². The number of aromatic nitrogens is 2. The number of nitrogens with zero attached hydrogens (tertiary/aromatic N) is 1. The third-order valence-electron chi connectivity index (χ3n) is 0.946. The van der Waals surface area contributed by atoms with Crippen molar-refractivity contribution in [3.05, 3.63) is 18.0 Å². The average Bonchev–Trinajstić information content (AvgIpc) is 2.19. The summed E-state index contributed by atoms with van der Waals surface area (Å²) in [6.45, 7) is -0.0560. The third-order valence-corrected chi connectivity index (χ3v) is 0.946. The van der Waals surface area contributed by atoms with Gasteiger partial charge >= 0.3 is 0 Å². The molecule has 0 aliphatic carbocycles. The molecule has 0 aromatic carbocycles. The molecule has 0 aliphatic heterocycles. The average molecular weight is 111 g/mol. The number of nitrogens with one attached hydrogen (secondary N) is 1. The maximum absolute atomic E-state index is 9.96. The van der Waals surface area contributed by atoms with Gasteiger partial charge in [-0.15, -0.1) is 0 Å². The lowest BCUT2D eigenvalue weighted by Crippen LogP contribution is -1.84. The Labute approximate surface area is 47.4 Å². The summed E-state index contributed by atoms with van der Waals surface area (Å²) in [7, 11) is 0. The SMILES string of the molecule is [O]CCc1cn[nH]c1. The van der Waals surface area contributed by atoms with Crippen LogP contribution in [-0.2, 0) is 11.5 Å². The van der Waals surface area contributed by atoms with Crippen molar-refractivity contribution in [3.63, 3.8) is 0 Å². The highest BCUT2D eigenvalue weighted by Crippen LogP contribution is 1.92. The van der Waals surface area contributed by atoms with E-state index in [1.165, 1.54) is 0 Å². The Morgan fingerprint density at radius 1 is 1.75 bits per heavy atom. The van der Waals surface area contributed by atoms with Gasteiger partial charge in [-0.3, -0.25) is 5.10 Å². The summed E-state index contributed by atoms with van der Waals surface area (Å²) >= 11 is 0. The van der Waals surface area contributed by atoms with Crippen molar-refractivity contribution >= 4 is 0 Å². The Morgan fingerprint density at radius 3 is 3.12 bits per heavy atom. The van der Waals surface area contributed by atoms with Crippen LogP contribution in [0.5, 0.6) is 0 Å². The minimum absolute atomic E-state index is 0.0560. The normalized spacial score (nSPS) is 9.62. The van der Waals surface area contributed by atoms with Crippen molar-refractivity contribution in [1.29, 1.82) is 0 Å². The molecule has 0 fully saturated rings. The van der Waals surface area contributed by atoms with E-state index in [-0.39, 0.29) is 6.61 Å². The van der Waals surface area contributed by atoms with E-state index >= 15 is 0 Å². The number of aromatic amines is 1. The number of hydrogen-bond donors (Lipinski definition) is 1. The molecule has 3 heteroatoms. The maximum atomic E-state index is 9.96. The van der Waals surface area contributed by atoms with Crippen LogP contribution in [0.4, 0.5) is 0 Å². The first-order chi connectivity index (χ1) is 3.93. The van der Waals surface area contributed by atoms with Gasteiger partial charge in [0.1, 0.15) is 0 Å². The van der Waals surface area contributed by atoms with Crippen LogP contribution in [0.3, 0.4) is 0 Å². The topological polar surface area (TPSA) is 48.6 Å². The summed E-state index contributed by atoms with van der Waals surface area (Å²) in [6, 6.07) is 0. The fourth-order valence-electron chi connectivity index (χ4n) is 0.532. The van der Waals surface area contributed by atoms with Crippen molar-refractivity contribution in [2.45, 2.75) is 6.42 Å². The van der Waals surface area contributed by atoms with E-state index in [4.69, 9.17) is 0 Å². The summed E-state index contributed by atoms with van der Waals surface area (Å²) in [6.07, 6.45) is 3.98. The standard InChI is InChI=1S/C5H7N2O/c8-2-1-5-3-6-7-4-5/h3-4H,1-2H2,(H,6,7). The highest BCUT2D eigenvalue weighted by molar-refractivity contribution is 5.01. The Kier molecular flexibility index (Phi) is 1.64. The Balaban J connectivity index is 2.50. The van der Waals surface area contributed by atoms with Gasteiger partial charge in [-0.25, -0.2) is 5.11 Å². The molecule has 0 bridgehead atoms. The van der Waals surface area contributed by atoms with Gasteiger partial charge in [-0.2, -0.15) is 5.10 Å². The molecule has 43 valence electrons. The van der Waals surface area contributed by atoms with Crippen molar-refractivity contribution in [2.75, 3.05) is 6.61 Å². The van der Waals surface area contributed by atoms with Crippen LogP contribution in [0.1, 0.15) is 5.56 Å². The van der Waals surface area contributed by atoms with Gasteiger partial charge < -0.3 is 0 Å². The van der Waals surface area contributed by atoms with Crippen LogP contribution in [-0.4, -0.2) is 16.8 Å². The van der Waals surface area contributed by atoms with Crippen LogP contribution in [0.2, 0.25) is 0 Å². The molecule has 1 aromatic rings. The van der Waals surface area contributed by atoms with E-state index in [0.717, 1.165) is 5.56 Å². The van der Waals surface area contributed by atoms with Crippen molar-refractivity contribution in [2.24, 2.45) is 0 Å². The van der Waals surface area contributed by atoms with Crippen LogP contribution in [0.15, 0.2) is 12.4 Å². The molecular formula is C5H7N2O. The largest absolute Gasteiger partial charge is 0.285 e. The molecule has 1 heterocycles. The second-order valence-electron chi connectivity index (χ2n) is 1.56. The van der Waals surface area contributed by atoms with Gasteiger partial charge in [0, 0.05) is 12.6 Å². The molecule has 8 heavy (non-hydrogen) atoms.